The van der Waals surface area contributed by atoms with Gasteiger partial charge < -0.3 is 10.3 Å². The van der Waals surface area contributed by atoms with E-state index in [9.17, 15) is 0 Å². The van der Waals surface area contributed by atoms with Gasteiger partial charge in [-0.25, -0.2) is 0 Å². The van der Waals surface area contributed by atoms with E-state index in [-0.39, 0.29) is 6.04 Å². The number of H-pyrrole nitrogens is 1. The fourth-order valence-corrected chi connectivity index (χ4v) is 4.15. The Morgan fingerprint density at radius 2 is 1.62 bits per heavy atom. The van der Waals surface area contributed by atoms with Crippen LogP contribution in [0.15, 0.2) is 66.7 Å². The van der Waals surface area contributed by atoms with Crippen LogP contribution in [0, 0.1) is 0 Å². The Bertz CT molecular complexity index is 1110. The van der Waals surface area contributed by atoms with Gasteiger partial charge >= 0.3 is 0 Å². The second-order valence-electron chi connectivity index (χ2n) is 6.67. The fraction of sp³-hybridized carbons (Fsp3) is 0.0909. The van der Waals surface area contributed by atoms with E-state index in [0.29, 0.717) is 0 Å². The minimum atomic E-state index is 0.0251. The quantitative estimate of drug-likeness (QED) is 0.384. The Morgan fingerprint density at radius 3 is 2.46 bits per heavy atom. The zero-order valence-electron chi connectivity index (χ0n) is 13.9. The summed E-state index contributed by atoms with van der Waals surface area (Å²) in [5.41, 5.74) is 7.16. The molecule has 3 aromatic carbocycles. The monoisotopic (exact) mass is 378 g/mol. The van der Waals surface area contributed by atoms with Crippen molar-refractivity contribution in [3.05, 3.63) is 99.2 Å². The van der Waals surface area contributed by atoms with Gasteiger partial charge in [-0.05, 0) is 53.1 Å². The van der Waals surface area contributed by atoms with Gasteiger partial charge in [-0.3, -0.25) is 0 Å². The SMILES string of the molecule is Clc1ccc(C2Nc3ccc(Cl)cc3Cc3c2[nH]c2ccccc32)cc1. The molecule has 2 heterocycles. The molecule has 0 saturated heterocycles. The average molecular weight is 379 g/mol. The lowest BCUT2D eigenvalue weighted by Gasteiger charge is -2.19. The molecule has 2 N–H and O–H groups in total. The average Bonchev–Trinajstić information content (AvgIpc) is 2.92. The first-order valence-electron chi connectivity index (χ1n) is 8.59. The first kappa shape index (κ1) is 15.8. The van der Waals surface area contributed by atoms with E-state index < -0.39 is 0 Å². The summed E-state index contributed by atoms with van der Waals surface area (Å²) in [4.78, 5) is 3.64. The lowest BCUT2D eigenvalue weighted by atomic mass is 9.98. The Balaban J connectivity index is 1.76. The molecule has 0 fully saturated rings. The number of rotatable bonds is 1. The van der Waals surface area contributed by atoms with Gasteiger partial charge in [-0.1, -0.05) is 53.5 Å². The molecule has 5 rings (SSSR count). The minimum Gasteiger partial charge on any atom is -0.373 e. The Kier molecular flexibility index (Phi) is 3.70. The Labute approximate surface area is 161 Å². The van der Waals surface area contributed by atoms with Crippen molar-refractivity contribution in [3.8, 4) is 0 Å². The third-order valence-corrected chi connectivity index (χ3v) is 5.56. The zero-order chi connectivity index (χ0) is 17.7. The molecular formula is C22H16Cl2N2. The highest BCUT2D eigenvalue weighted by Gasteiger charge is 2.26. The standard InChI is InChI=1S/C22H16Cl2N2/c23-15-7-5-13(6-8-15)21-22-18(17-3-1-2-4-20(17)26-22)12-14-11-16(24)9-10-19(14)25-21/h1-11,21,25-26H,12H2. The summed E-state index contributed by atoms with van der Waals surface area (Å²) in [6.45, 7) is 0. The van der Waals surface area contributed by atoms with Crippen LogP contribution in [-0.4, -0.2) is 4.98 Å². The molecule has 128 valence electrons. The molecule has 0 spiro atoms. The van der Waals surface area contributed by atoms with E-state index in [0.717, 1.165) is 27.7 Å². The van der Waals surface area contributed by atoms with E-state index in [1.807, 2.05) is 18.2 Å². The van der Waals surface area contributed by atoms with Crippen LogP contribution >= 0.6 is 23.2 Å². The smallest absolute Gasteiger partial charge is 0.0921 e. The normalized spacial score (nSPS) is 15.8. The highest BCUT2D eigenvalue weighted by atomic mass is 35.5. The van der Waals surface area contributed by atoms with Crippen molar-refractivity contribution in [2.45, 2.75) is 12.5 Å². The molecule has 0 amide bonds. The number of benzene rings is 3. The van der Waals surface area contributed by atoms with Gasteiger partial charge in [0.05, 0.1) is 6.04 Å². The zero-order valence-corrected chi connectivity index (χ0v) is 15.4. The molecule has 4 heteroatoms. The second-order valence-corrected chi connectivity index (χ2v) is 7.54. The van der Waals surface area contributed by atoms with Crippen LogP contribution in [-0.2, 0) is 6.42 Å². The number of hydrogen-bond donors (Lipinski definition) is 2. The summed E-state index contributed by atoms with van der Waals surface area (Å²) in [5, 5.41) is 6.47. The van der Waals surface area contributed by atoms with Gasteiger partial charge in [0.2, 0.25) is 0 Å². The number of para-hydroxylation sites is 1. The van der Waals surface area contributed by atoms with E-state index >= 15 is 0 Å². The first-order valence-corrected chi connectivity index (χ1v) is 9.34. The molecule has 0 radical (unpaired) electrons. The summed E-state index contributed by atoms with van der Waals surface area (Å²) in [6, 6.07) is 22.6. The predicted octanol–water partition coefficient (Wildman–Crippen LogP) is 6.58. The van der Waals surface area contributed by atoms with Crippen molar-refractivity contribution < 1.29 is 0 Å². The maximum absolute atomic E-state index is 6.27. The third-order valence-electron chi connectivity index (χ3n) is 5.07. The number of aromatic amines is 1. The maximum Gasteiger partial charge on any atom is 0.0921 e. The maximum atomic E-state index is 6.27. The molecule has 1 aromatic heterocycles. The second kappa shape index (κ2) is 6.08. The largest absolute Gasteiger partial charge is 0.373 e. The Hall–Kier alpha value is -2.42. The molecule has 26 heavy (non-hydrogen) atoms. The number of halogens is 2. The number of anilines is 1. The summed E-state index contributed by atoms with van der Waals surface area (Å²) in [7, 11) is 0. The van der Waals surface area contributed by atoms with E-state index in [4.69, 9.17) is 23.2 Å². The van der Waals surface area contributed by atoms with Crippen molar-refractivity contribution in [1.82, 2.24) is 4.98 Å². The van der Waals surface area contributed by atoms with E-state index in [1.165, 1.54) is 27.8 Å². The van der Waals surface area contributed by atoms with Crippen LogP contribution in [0.4, 0.5) is 5.69 Å². The lowest BCUT2D eigenvalue weighted by Crippen LogP contribution is -2.12. The van der Waals surface area contributed by atoms with Crippen molar-refractivity contribution in [1.29, 1.82) is 0 Å². The molecule has 0 saturated carbocycles. The van der Waals surface area contributed by atoms with Crippen LogP contribution in [0.3, 0.4) is 0 Å². The first-order chi connectivity index (χ1) is 12.7. The predicted molar refractivity (Wildman–Crippen MR) is 109 cm³/mol. The highest BCUT2D eigenvalue weighted by molar-refractivity contribution is 6.31. The summed E-state index contributed by atoms with van der Waals surface area (Å²) < 4.78 is 0. The van der Waals surface area contributed by atoms with Crippen molar-refractivity contribution in [2.24, 2.45) is 0 Å². The van der Waals surface area contributed by atoms with Crippen LogP contribution in [0.1, 0.15) is 28.4 Å². The van der Waals surface area contributed by atoms with Gasteiger partial charge in [0.1, 0.15) is 0 Å². The van der Waals surface area contributed by atoms with Gasteiger partial charge in [-0.15, -0.1) is 0 Å². The van der Waals surface area contributed by atoms with Gasteiger partial charge in [0.15, 0.2) is 0 Å². The van der Waals surface area contributed by atoms with Crippen LogP contribution in [0.2, 0.25) is 10.0 Å². The summed E-state index contributed by atoms with van der Waals surface area (Å²) >= 11 is 12.4. The molecule has 1 atom stereocenters. The van der Waals surface area contributed by atoms with Crippen LogP contribution in [0.5, 0.6) is 0 Å². The molecule has 0 bridgehead atoms. The molecule has 2 nitrogen and oxygen atoms in total. The molecule has 1 unspecified atom stereocenters. The summed E-state index contributed by atoms with van der Waals surface area (Å²) in [5.74, 6) is 0. The summed E-state index contributed by atoms with van der Waals surface area (Å²) in [6.07, 6.45) is 0.840. The molecule has 1 aliphatic rings. The van der Waals surface area contributed by atoms with Crippen molar-refractivity contribution >= 4 is 39.8 Å². The Morgan fingerprint density at radius 1 is 0.846 bits per heavy atom. The van der Waals surface area contributed by atoms with Crippen LogP contribution in [0.25, 0.3) is 10.9 Å². The van der Waals surface area contributed by atoms with E-state index in [2.05, 4.69) is 58.8 Å². The van der Waals surface area contributed by atoms with Crippen molar-refractivity contribution in [3.63, 3.8) is 0 Å². The highest BCUT2D eigenvalue weighted by Crippen LogP contribution is 2.39. The van der Waals surface area contributed by atoms with Crippen molar-refractivity contribution in [2.75, 3.05) is 5.32 Å². The molecule has 4 aromatic rings. The number of nitrogens with one attached hydrogen (secondary N) is 2. The molecule has 1 aliphatic heterocycles. The van der Waals surface area contributed by atoms with Gasteiger partial charge in [-0.2, -0.15) is 0 Å². The molecular weight excluding hydrogens is 363 g/mol. The van der Waals surface area contributed by atoms with Gasteiger partial charge in [0.25, 0.3) is 0 Å². The van der Waals surface area contributed by atoms with Gasteiger partial charge in [0, 0.05) is 38.8 Å². The topological polar surface area (TPSA) is 27.8 Å². The fourth-order valence-electron chi connectivity index (χ4n) is 3.83. The minimum absolute atomic E-state index is 0.0251. The van der Waals surface area contributed by atoms with E-state index in [1.54, 1.807) is 0 Å². The number of hydrogen-bond acceptors (Lipinski definition) is 1. The van der Waals surface area contributed by atoms with Crippen LogP contribution < -0.4 is 5.32 Å². The number of aromatic nitrogens is 1. The molecule has 0 aliphatic carbocycles. The third kappa shape index (κ3) is 2.57. The lowest BCUT2D eigenvalue weighted by molar-refractivity contribution is 0.900. The number of fused-ring (bicyclic) bond motifs is 4.